The van der Waals surface area contributed by atoms with E-state index in [-0.39, 0.29) is 5.82 Å². The molecule has 0 aliphatic heterocycles. The standard InChI is InChI=1S/C11H17FN2S/c1-15-5-3-2-4-14-11-7-9(12)6-10(13)8-11/h6-8,14H,2-5,13H2,1H3. The number of anilines is 2. The first-order valence-electron chi connectivity index (χ1n) is 5.01. The summed E-state index contributed by atoms with van der Waals surface area (Å²) in [4.78, 5) is 0. The van der Waals surface area contributed by atoms with Gasteiger partial charge in [0.15, 0.2) is 0 Å². The Balaban J connectivity index is 2.31. The number of halogens is 1. The smallest absolute Gasteiger partial charge is 0.127 e. The highest BCUT2D eigenvalue weighted by Gasteiger charge is 1.97. The minimum atomic E-state index is -0.290. The molecule has 0 aromatic heterocycles. The van der Waals surface area contributed by atoms with Crippen LogP contribution >= 0.6 is 11.8 Å². The van der Waals surface area contributed by atoms with Crippen LogP contribution < -0.4 is 11.1 Å². The third-order valence-electron chi connectivity index (χ3n) is 2.02. The number of nitrogens with one attached hydrogen (secondary N) is 1. The fraction of sp³-hybridized carbons (Fsp3) is 0.455. The van der Waals surface area contributed by atoms with Gasteiger partial charge in [-0.25, -0.2) is 4.39 Å². The lowest BCUT2D eigenvalue weighted by atomic mass is 10.2. The van der Waals surface area contributed by atoms with E-state index >= 15 is 0 Å². The Kier molecular flexibility index (Phi) is 5.32. The van der Waals surface area contributed by atoms with Crippen LogP contribution in [0.3, 0.4) is 0 Å². The summed E-state index contributed by atoms with van der Waals surface area (Å²) in [6.45, 7) is 0.865. The van der Waals surface area contributed by atoms with Crippen LogP contribution in [0, 0.1) is 5.82 Å². The largest absolute Gasteiger partial charge is 0.399 e. The van der Waals surface area contributed by atoms with E-state index in [9.17, 15) is 4.39 Å². The van der Waals surface area contributed by atoms with E-state index in [0.29, 0.717) is 5.69 Å². The van der Waals surface area contributed by atoms with Crippen molar-refractivity contribution in [3.63, 3.8) is 0 Å². The molecular formula is C11H17FN2S. The zero-order valence-corrected chi connectivity index (χ0v) is 9.74. The molecule has 4 heteroatoms. The predicted molar refractivity (Wildman–Crippen MR) is 66.9 cm³/mol. The van der Waals surface area contributed by atoms with Gasteiger partial charge in [-0.15, -0.1) is 0 Å². The summed E-state index contributed by atoms with van der Waals surface area (Å²) in [6, 6.07) is 4.53. The lowest BCUT2D eigenvalue weighted by Crippen LogP contribution is -2.02. The molecule has 15 heavy (non-hydrogen) atoms. The second kappa shape index (κ2) is 6.56. The maximum atomic E-state index is 12.9. The minimum absolute atomic E-state index is 0.290. The highest BCUT2D eigenvalue weighted by molar-refractivity contribution is 7.98. The molecule has 1 rings (SSSR count). The van der Waals surface area contributed by atoms with Crippen molar-refractivity contribution in [2.75, 3.05) is 29.6 Å². The van der Waals surface area contributed by atoms with Crippen LogP contribution in [0.4, 0.5) is 15.8 Å². The molecule has 0 atom stereocenters. The molecule has 0 aliphatic carbocycles. The van der Waals surface area contributed by atoms with Crippen LogP contribution in [0.2, 0.25) is 0 Å². The normalized spacial score (nSPS) is 10.3. The maximum Gasteiger partial charge on any atom is 0.127 e. The minimum Gasteiger partial charge on any atom is -0.399 e. The monoisotopic (exact) mass is 228 g/mol. The fourth-order valence-electron chi connectivity index (χ4n) is 1.32. The molecule has 0 amide bonds. The van der Waals surface area contributed by atoms with Crippen molar-refractivity contribution in [1.82, 2.24) is 0 Å². The molecule has 0 saturated carbocycles. The van der Waals surface area contributed by atoms with Crippen LogP contribution in [-0.4, -0.2) is 18.6 Å². The average Bonchev–Trinajstić information content (AvgIpc) is 2.16. The van der Waals surface area contributed by atoms with Gasteiger partial charge >= 0.3 is 0 Å². The zero-order valence-electron chi connectivity index (χ0n) is 8.92. The van der Waals surface area contributed by atoms with Crippen molar-refractivity contribution < 1.29 is 4.39 Å². The molecule has 84 valence electrons. The summed E-state index contributed by atoms with van der Waals surface area (Å²) >= 11 is 1.84. The van der Waals surface area contributed by atoms with E-state index in [1.165, 1.54) is 24.3 Å². The van der Waals surface area contributed by atoms with E-state index in [4.69, 9.17) is 5.73 Å². The molecule has 0 aliphatic rings. The average molecular weight is 228 g/mol. The van der Waals surface area contributed by atoms with E-state index in [0.717, 1.165) is 18.7 Å². The number of benzene rings is 1. The van der Waals surface area contributed by atoms with Crippen LogP contribution in [0.5, 0.6) is 0 Å². The van der Waals surface area contributed by atoms with Crippen molar-refractivity contribution in [2.24, 2.45) is 0 Å². The Labute approximate surface area is 94.4 Å². The highest BCUT2D eigenvalue weighted by Crippen LogP contribution is 2.15. The first-order valence-corrected chi connectivity index (χ1v) is 6.40. The Bertz CT molecular complexity index is 284. The van der Waals surface area contributed by atoms with Gasteiger partial charge in [-0.1, -0.05) is 0 Å². The second-order valence-electron chi connectivity index (χ2n) is 3.40. The summed E-state index contributed by atoms with van der Waals surface area (Å²) in [6.07, 6.45) is 4.37. The van der Waals surface area contributed by atoms with Gasteiger partial charge in [0.25, 0.3) is 0 Å². The molecular weight excluding hydrogens is 211 g/mol. The summed E-state index contributed by atoms with van der Waals surface area (Å²) in [7, 11) is 0. The number of rotatable bonds is 6. The van der Waals surface area contributed by atoms with Crippen LogP contribution in [0.1, 0.15) is 12.8 Å². The van der Waals surface area contributed by atoms with Gasteiger partial charge in [-0.2, -0.15) is 11.8 Å². The second-order valence-corrected chi connectivity index (χ2v) is 4.39. The number of hydrogen-bond acceptors (Lipinski definition) is 3. The summed E-state index contributed by atoms with van der Waals surface area (Å²) in [5.41, 5.74) is 6.75. The molecule has 0 unspecified atom stereocenters. The van der Waals surface area contributed by atoms with E-state index in [1.54, 1.807) is 6.07 Å². The quantitative estimate of drug-likeness (QED) is 0.580. The van der Waals surface area contributed by atoms with E-state index in [1.807, 2.05) is 11.8 Å². The lowest BCUT2D eigenvalue weighted by molar-refractivity contribution is 0.629. The number of hydrogen-bond donors (Lipinski definition) is 2. The first-order chi connectivity index (χ1) is 7.22. The Morgan fingerprint density at radius 2 is 2.13 bits per heavy atom. The van der Waals surface area contributed by atoms with Gasteiger partial charge in [0.1, 0.15) is 5.82 Å². The molecule has 1 aromatic carbocycles. The van der Waals surface area contributed by atoms with Gasteiger partial charge in [-0.05, 0) is 43.0 Å². The Hall–Kier alpha value is -0.900. The van der Waals surface area contributed by atoms with Gasteiger partial charge in [0.2, 0.25) is 0 Å². The summed E-state index contributed by atoms with van der Waals surface area (Å²) in [5, 5.41) is 3.16. The molecule has 1 aromatic rings. The van der Waals surface area contributed by atoms with Gasteiger partial charge in [0.05, 0.1) is 0 Å². The van der Waals surface area contributed by atoms with Gasteiger partial charge in [-0.3, -0.25) is 0 Å². The number of unbranched alkanes of at least 4 members (excludes halogenated alkanes) is 1. The molecule has 0 radical (unpaired) electrons. The van der Waals surface area contributed by atoms with Crippen molar-refractivity contribution in [3.05, 3.63) is 24.0 Å². The molecule has 0 saturated heterocycles. The van der Waals surface area contributed by atoms with Crippen LogP contribution in [-0.2, 0) is 0 Å². The third kappa shape index (κ3) is 4.93. The molecule has 3 N–H and O–H groups in total. The molecule has 2 nitrogen and oxygen atoms in total. The van der Waals surface area contributed by atoms with Crippen molar-refractivity contribution in [1.29, 1.82) is 0 Å². The molecule has 0 bridgehead atoms. The number of thioether (sulfide) groups is 1. The molecule has 0 fully saturated rings. The topological polar surface area (TPSA) is 38.0 Å². The predicted octanol–water partition coefficient (Wildman–Crippen LogP) is 2.96. The Morgan fingerprint density at radius 1 is 1.33 bits per heavy atom. The number of nitrogens with two attached hydrogens (primary N) is 1. The van der Waals surface area contributed by atoms with E-state index in [2.05, 4.69) is 11.6 Å². The summed E-state index contributed by atoms with van der Waals surface area (Å²) < 4.78 is 12.9. The lowest BCUT2D eigenvalue weighted by Gasteiger charge is -2.07. The number of nitrogen functional groups attached to an aromatic ring is 1. The van der Waals surface area contributed by atoms with Crippen molar-refractivity contribution in [2.45, 2.75) is 12.8 Å². The maximum absolute atomic E-state index is 12.9. The fourth-order valence-corrected chi connectivity index (χ4v) is 1.81. The van der Waals surface area contributed by atoms with Gasteiger partial charge in [0, 0.05) is 17.9 Å². The first kappa shape index (κ1) is 12.2. The SMILES string of the molecule is CSCCCCNc1cc(N)cc(F)c1. The van der Waals surface area contributed by atoms with Crippen LogP contribution in [0.25, 0.3) is 0 Å². The highest BCUT2D eigenvalue weighted by atomic mass is 32.2. The van der Waals surface area contributed by atoms with Crippen LogP contribution in [0.15, 0.2) is 18.2 Å². The third-order valence-corrected chi connectivity index (χ3v) is 2.72. The van der Waals surface area contributed by atoms with Crippen molar-refractivity contribution >= 4 is 23.1 Å². The van der Waals surface area contributed by atoms with E-state index < -0.39 is 0 Å². The van der Waals surface area contributed by atoms with Crippen molar-refractivity contribution in [3.8, 4) is 0 Å². The molecule has 0 spiro atoms. The zero-order chi connectivity index (χ0) is 11.1. The summed E-state index contributed by atoms with van der Waals surface area (Å²) in [5.74, 6) is 0.883. The Morgan fingerprint density at radius 3 is 2.80 bits per heavy atom. The molecule has 0 heterocycles. The van der Waals surface area contributed by atoms with Gasteiger partial charge < -0.3 is 11.1 Å².